The maximum atomic E-state index is 2.25. The van der Waals surface area contributed by atoms with Gasteiger partial charge in [-0.15, -0.1) is 0 Å². The van der Waals surface area contributed by atoms with Crippen molar-refractivity contribution < 1.29 is 0 Å². The normalized spacial score (nSPS) is 13.8. The quantitative estimate of drug-likeness (QED) is 0.604. The first-order chi connectivity index (χ1) is 6.20. The second-order valence-electron chi connectivity index (χ2n) is 3.98. The summed E-state index contributed by atoms with van der Waals surface area (Å²) in [5.41, 5.74) is 5.68. The van der Waals surface area contributed by atoms with Gasteiger partial charge in [0, 0.05) is 6.42 Å². The van der Waals surface area contributed by atoms with Crippen LogP contribution in [-0.4, -0.2) is 0 Å². The first kappa shape index (κ1) is 8.55. The molecule has 1 aliphatic carbocycles. The predicted molar refractivity (Wildman–Crippen MR) is 57.7 cm³/mol. The Labute approximate surface area is 80.3 Å². The highest BCUT2D eigenvalue weighted by molar-refractivity contribution is 5.70. The molecule has 0 heterocycles. The lowest BCUT2D eigenvalue weighted by molar-refractivity contribution is 0.862. The Balaban J connectivity index is 2.61. The van der Waals surface area contributed by atoms with Gasteiger partial charge in [0.1, 0.15) is 0 Å². The van der Waals surface area contributed by atoms with Crippen LogP contribution in [0, 0.1) is 13.3 Å². The lowest BCUT2D eigenvalue weighted by Crippen LogP contribution is -1.95. The molecule has 0 N–H and O–H groups in total. The summed E-state index contributed by atoms with van der Waals surface area (Å²) in [6.07, 6.45) is 6.57. The number of fused-ring (bicyclic) bond motifs is 1. The molecule has 0 fully saturated rings. The molecule has 0 aliphatic heterocycles. The minimum Gasteiger partial charge on any atom is -0.0754 e. The molecule has 0 saturated carbocycles. The molecule has 0 bridgehead atoms. The summed E-state index contributed by atoms with van der Waals surface area (Å²) in [5, 5.41) is 0. The minimum absolute atomic E-state index is 0.616. The van der Waals surface area contributed by atoms with E-state index in [1.54, 1.807) is 0 Å². The Morgan fingerprint density at radius 1 is 1.08 bits per heavy atom. The van der Waals surface area contributed by atoms with Crippen LogP contribution in [0.4, 0.5) is 0 Å². The highest BCUT2D eigenvalue weighted by Crippen LogP contribution is 2.31. The molecule has 13 heavy (non-hydrogen) atoms. The number of hydrogen-bond acceptors (Lipinski definition) is 0. The van der Waals surface area contributed by atoms with E-state index in [0.717, 1.165) is 0 Å². The fourth-order valence-corrected chi connectivity index (χ4v) is 1.91. The van der Waals surface area contributed by atoms with Crippen molar-refractivity contribution in [1.82, 2.24) is 0 Å². The SMILES string of the molecule is Cc1ccc(C(C)C)c2c1[CH]C=C2. The number of rotatable bonds is 1. The van der Waals surface area contributed by atoms with E-state index in [2.05, 4.69) is 51.5 Å². The first-order valence-corrected chi connectivity index (χ1v) is 4.85. The van der Waals surface area contributed by atoms with E-state index in [1.165, 1.54) is 22.3 Å². The molecule has 0 spiro atoms. The van der Waals surface area contributed by atoms with Crippen LogP contribution in [0.1, 0.15) is 42.0 Å². The summed E-state index contributed by atoms with van der Waals surface area (Å²) < 4.78 is 0. The smallest absolute Gasteiger partial charge is 0.0134 e. The molecule has 0 amide bonds. The molecule has 0 heteroatoms. The van der Waals surface area contributed by atoms with Crippen molar-refractivity contribution in [2.75, 3.05) is 0 Å². The van der Waals surface area contributed by atoms with Crippen molar-refractivity contribution in [3.05, 3.63) is 46.9 Å². The van der Waals surface area contributed by atoms with Crippen LogP contribution < -0.4 is 0 Å². The van der Waals surface area contributed by atoms with Gasteiger partial charge in [0.05, 0.1) is 0 Å². The molecule has 67 valence electrons. The van der Waals surface area contributed by atoms with Gasteiger partial charge < -0.3 is 0 Å². The van der Waals surface area contributed by atoms with Crippen LogP contribution in [0.5, 0.6) is 0 Å². The van der Waals surface area contributed by atoms with Crippen molar-refractivity contribution in [2.45, 2.75) is 26.7 Å². The fraction of sp³-hybridized carbons (Fsp3) is 0.308. The van der Waals surface area contributed by atoms with E-state index < -0.39 is 0 Å². The lowest BCUT2D eigenvalue weighted by Gasteiger charge is -2.12. The molecule has 1 aromatic rings. The van der Waals surface area contributed by atoms with E-state index >= 15 is 0 Å². The maximum Gasteiger partial charge on any atom is 0.0134 e. The van der Waals surface area contributed by atoms with E-state index in [9.17, 15) is 0 Å². The molecule has 1 radical (unpaired) electrons. The number of allylic oxidation sites excluding steroid dienone is 1. The molecular formula is C13H15. The molecule has 0 unspecified atom stereocenters. The van der Waals surface area contributed by atoms with Gasteiger partial charge in [0.2, 0.25) is 0 Å². The largest absolute Gasteiger partial charge is 0.0754 e. The van der Waals surface area contributed by atoms with Crippen LogP contribution in [-0.2, 0) is 0 Å². The van der Waals surface area contributed by atoms with E-state index in [1.807, 2.05) is 0 Å². The minimum atomic E-state index is 0.616. The second kappa shape index (κ2) is 3.02. The van der Waals surface area contributed by atoms with E-state index in [4.69, 9.17) is 0 Å². The third kappa shape index (κ3) is 1.31. The molecule has 1 aromatic carbocycles. The molecule has 0 saturated heterocycles. The number of hydrogen-bond donors (Lipinski definition) is 0. The summed E-state index contributed by atoms with van der Waals surface area (Å²) in [6.45, 7) is 6.67. The van der Waals surface area contributed by atoms with Crippen LogP contribution in [0.3, 0.4) is 0 Å². The van der Waals surface area contributed by atoms with Crippen LogP contribution in [0.2, 0.25) is 0 Å². The maximum absolute atomic E-state index is 2.25. The Hall–Kier alpha value is -1.04. The predicted octanol–water partition coefficient (Wildman–Crippen LogP) is 3.70. The zero-order valence-corrected chi connectivity index (χ0v) is 8.46. The Morgan fingerprint density at radius 3 is 2.54 bits per heavy atom. The molecule has 1 aliphatic rings. The van der Waals surface area contributed by atoms with Gasteiger partial charge in [-0.3, -0.25) is 0 Å². The molecule has 0 aromatic heterocycles. The van der Waals surface area contributed by atoms with Crippen LogP contribution in [0.15, 0.2) is 18.2 Å². The molecule has 0 atom stereocenters. The first-order valence-electron chi connectivity index (χ1n) is 4.85. The summed E-state index contributed by atoms with van der Waals surface area (Å²) in [6, 6.07) is 4.47. The zero-order chi connectivity index (χ0) is 9.42. The summed E-state index contributed by atoms with van der Waals surface area (Å²) in [4.78, 5) is 0. The van der Waals surface area contributed by atoms with E-state index in [0.29, 0.717) is 5.92 Å². The Morgan fingerprint density at radius 2 is 1.85 bits per heavy atom. The Bertz CT molecular complexity index is 357. The van der Waals surface area contributed by atoms with Crippen LogP contribution >= 0.6 is 0 Å². The van der Waals surface area contributed by atoms with Crippen molar-refractivity contribution in [1.29, 1.82) is 0 Å². The standard InChI is InChI=1S/C13H15/c1-9(2)11-8-7-10(3)12-5-4-6-13(11)12/h4-9H,1-3H3. The molecule has 0 nitrogen and oxygen atoms in total. The van der Waals surface area contributed by atoms with Crippen LogP contribution in [0.25, 0.3) is 6.08 Å². The second-order valence-corrected chi connectivity index (χ2v) is 3.98. The van der Waals surface area contributed by atoms with Crippen molar-refractivity contribution >= 4 is 6.08 Å². The monoisotopic (exact) mass is 171 g/mol. The average Bonchev–Trinajstić information content (AvgIpc) is 2.53. The lowest BCUT2D eigenvalue weighted by atomic mass is 9.92. The molecular weight excluding hydrogens is 156 g/mol. The third-order valence-corrected chi connectivity index (χ3v) is 2.69. The third-order valence-electron chi connectivity index (χ3n) is 2.69. The molecule has 2 rings (SSSR count). The summed E-state index contributed by atoms with van der Waals surface area (Å²) in [5.74, 6) is 0.616. The van der Waals surface area contributed by atoms with Gasteiger partial charge in [0.25, 0.3) is 0 Å². The highest BCUT2D eigenvalue weighted by Gasteiger charge is 2.13. The van der Waals surface area contributed by atoms with Crippen molar-refractivity contribution in [3.8, 4) is 0 Å². The Kier molecular flexibility index (Phi) is 1.99. The van der Waals surface area contributed by atoms with Gasteiger partial charge in [-0.1, -0.05) is 38.1 Å². The number of aryl methyl sites for hydroxylation is 1. The highest BCUT2D eigenvalue weighted by atomic mass is 14.2. The number of benzene rings is 1. The fourth-order valence-electron chi connectivity index (χ4n) is 1.91. The van der Waals surface area contributed by atoms with Gasteiger partial charge in [-0.05, 0) is 35.1 Å². The summed E-state index contributed by atoms with van der Waals surface area (Å²) in [7, 11) is 0. The summed E-state index contributed by atoms with van der Waals surface area (Å²) >= 11 is 0. The van der Waals surface area contributed by atoms with Crippen molar-refractivity contribution in [2.24, 2.45) is 0 Å². The van der Waals surface area contributed by atoms with Gasteiger partial charge in [0.15, 0.2) is 0 Å². The van der Waals surface area contributed by atoms with E-state index in [-0.39, 0.29) is 0 Å². The van der Waals surface area contributed by atoms with Gasteiger partial charge in [-0.25, -0.2) is 0 Å². The van der Waals surface area contributed by atoms with Crippen molar-refractivity contribution in [3.63, 3.8) is 0 Å². The van der Waals surface area contributed by atoms with Gasteiger partial charge in [-0.2, -0.15) is 0 Å². The topological polar surface area (TPSA) is 0 Å². The van der Waals surface area contributed by atoms with Gasteiger partial charge >= 0.3 is 0 Å². The zero-order valence-electron chi connectivity index (χ0n) is 8.46. The average molecular weight is 171 g/mol.